The molecule has 3 aliphatic rings. The number of piperazine rings is 1. The van der Waals surface area contributed by atoms with Gasteiger partial charge in [-0.1, -0.05) is 6.92 Å². The van der Waals surface area contributed by atoms with Crippen LogP contribution in [0.5, 0.6) is 0 Å². The maximum absolute atomic E-state index is 11.2. The van der Waals surface area contributed by atoms with Gasteiger partial charge in [-0.25, -0.2) is 24.0 Å². The quantitative estimate of drug-likeness (QED) is 0.148. The van der Waals surface area contributed by atoms with Crippen LogP contribution in [0.1, 0.15) is 27.7 Å². The standard InChI is InChI=1S/C8H11NO3.C7H15N3O.C4H6O5.C4H6O3.C3H8N2O/c1-4-6(10)5(2)8(12)9(3)7(4)11;1-2-9-3-5-10(6-4-9)7(8)11;1-7-3(5)9-4(6)8-2;1-3-2-6-4(5)7-3;1-4-3(6)5-2/h4-5H,1-3H3;2-6H2,1H3,(H2,8,11);1-2H3;3H,2H2,1H3;1-2H3,(H2,4,5,6). The summed E-state index contributed by atoms with van der Waals surface area (Å²) in [6, 6.07) is -0.448. The summed E-state index contributed by atoms with van der Waals surface area (Å²) in [5.74, 6) is -2.40. The number of nitrogens with two attached hydrogens (primary N) is 1. The normalized spacial score (nSPS) is 20.3. The number of likely N-dealkylation sites (N-methyl/N-ethyl adjacent to an activating group) is 1. The van der Waals surface area contributed by atoms with E-state index in [-0.39, 0.29) is 23.9 Å². The number of urea groups is 2. The van der Waals surface area contributed by atoms with Crippen molar-refractivity contribution in [1.82, 2.24) is 25.3 Å². The molecule has 0 radical (unpaired) electrons. The minimum Gasteiger partial charge on any atom is -0.437 e. The zero-order valence-electron chi connectivity index (χ0n) is 27.2. The number of piperidine rings is 1. The van der Waals surface area contributed by atoms with Gasteiger partial charge in [0.1, 0.15) is 12.7 Å². The molecule has 3 atom stereocenters. The molecule has 0 aliphatic carbocycles. The zero-order valence-corrected chi connectivity index (χ0v) is 27.2. The van der Waals surface area contributed by atoms with Gasteiger partial charge in [0, 0.05) is 47.3 Å². The number of ether oxygens (including phenoxy) is 5. The first kappa shape index (κ1) is 42.5. The Morgan fingerprint density at radius 1 is 0.867 bits per heavy atom. The average Bonchev–Trinajstić information content (AvgIpc) is 3.44. The summed E-state index contributed by atoms with van der Waals surface area (Å²) in [6.07, 6.45) is -2.76. The molecular weight excluding hydrogens is 604 g/mol. The molecule has 0 spiro atoms. The predicted octanol–water partition coefficient (Wildman–Crippen LogP) is 0.152. The van der Waals surface area contributed by atoms with E-state index in [2.05, 4.69) is 46.1 Å². The first-order valence-electron chi connectivity index (χ1n) is 13.7. The summed E-state index contributed by atoms with van der Waals surface area (Å²) in [5, 5.41) is 4.73. The van der Waals surface area contributed by atoms with Crippen LogP contribution in [0.25, 0.3) is 0 Å². The van der Waals surface area contributed by atoms with Crippen LogP contribution in [0.4, 0.5) is 24.0 Å². The summed E-state index contributed by atoms with van der Waals surface area (Å²) in [5.41, 5.74) is 5.12. The molecule has 0 bridgehead atoms. The van der Waals surface area contributed by atoms with Gasteiger partial charge in [0.15, 0.2) is 5.78 Å². The van der Waals surface area contributed by atoms with E-state index in [1.165, 1.54) is 20.9 Å². The third-order valence-electron chi connectivity index (χ3n) is 6.07. The fourth-order valence-electron chi connectivity index (χ4n) is 3.29. The van der Waals surface area contributed by atoms with Gasteiger partial charge in [-0.3, -0.25) is 19.3 Å². The molecule has 3 rings (SSSR count). The molecule has 258 valence electrons. The molecule has 19 heteroatoms. The SMILES string of the molecule is CC1C(=O)C(C)C(=O)N(C)C1=O.CC1COC(=O)O1.CCN1CCN(C(N)=O)CC1.CNC(=O)NC.COC(=O)OC(=O)OC. The monoisotopic (exact) mass is 650 g/mol. The molecule has 0 saturated carbocycles. The number of hydrogen-bond donors (Lipinski definition) is 3. The topological polar surface area (TPSA) is 243 Å². The fourth-order valence-corrected chi connectivity index (χ4v) is 3.29. The molecule has 0 aromatic carbocycles. The number of amides is 6. The predicted molar refractivity (Wildman–Crippen MR) is 156 cm³/mol. The smallest absolute Gasteiger partial charge is 0.437 e. The number of carbonyl (C=O) groups is 8. The molecule has 0 aromatic heterocycles. The Balaban J connectivity index is 0. The average molecular weight is 651 g/mol. The Morgan fingerprint density at radius 2 is 1.31 bits per heavy atom. The maximum atomic E-state index is 11.2. The summed E-state index contributed by atoms with van der Waals surface area (Å²) in [4.78, 5) is 89.3. The summed E-state index contributed by atoms with van der Waals surface area (Å²) in [7, 11) is 6.72. The number of hydrogen-bond acceptors (Lipinski definition) is 14. The van der Waals surface area contributed by atoms with Gasteiger partial charge in [-0.05, 0) is 27.3 Å². The van der Waals surface area contributed by atoms with Crippen molar-refractivity contribution in [3.8, 4) is 0 Å². The third-order valence-corrected chi connectivity index (χ3v) is 6.07. The number of methoxy groups -OCH3 is 2. The number of nitrogens with one attached hydrogen (secondary N) is 2. The van der Waals surface area contributed by atoms with E-state index in [0.717, 1.165) is 51.8 Å². The second-order valence-electron chi connectivity index (χ2n) is 9.17. The highest BCUT2D eigenvalue weighted by Crippen LogP contribution is 2.18. The van der Waals surface area contributed by atoms with Gasteiger partial charge >= 0.3 is 30.5 Å². The Morgan fingerprint density at radius 3 is 1.56 bits per heavy atom. The van der Waals surface area contributed by atoms with E-state index in [1.807, 2.05) is 0 Å². The summed E-state index contributed by atoms with van der Waals surface area (Å²) >= 11 is 0. The van der Waals surface area contributed by atoms with Gasteiger partial charge < -0.3 is 49.9 Å². The van der Waals surface area contributed by atoms with Crippen molar-refractivity contribution >= 4 is 48.1 Å². The molecule has 3 heterocycles. The fraction of sp³-hybridized carbons (Fsp3) is 0.692. The van der Waals surface area contributed by atoms with Crippen LogP contribution >= 0.6 is 0 Å². The van der Waals surface area contributed by atoms with Gasteiger partial charge in [0.2, 0.25) is 11.8 Å². The number of imide groups is 1. The highest BCUT2D eigenvalue weighted by molar-refractivity contribution is 6.19. The minimum atomic E-state index is -1.08. The number of carbonyl (C=O) groups excluding carboxylic acids is 8. The van der Waals surface area contributed by atoms with Crippen LogP contribution in [-0.2, 0) is 38.1 Å². The number of likely N-dealkylation sites (tertiary alicyclic amines) is 1. The second-order valence-corrected chi connectivity index (χ2v) is 9.17. The molecule has 3 aliphatic heterocycles. The van der Waals surface area contributed by atoms with Gasteiger partial charge in [-0.15, -0.1) is 0 Å². The third kappa shape index (κ3) is 17.3. The Hall–Kier alpha value is -4.68. The van der Waals surface area contributed by atoms with Crippen LogP contribution in [0.2, 0.25) is 0 Å². The maximum Gasteiger partial charge on any atom is 0.518 e. The Kier molecular flexibility index (Phi) is 21.5. The van der Waals surface area contributed by atoms with Gasteiger partial charge in [0.25, 0.3) is 0 Å². The molecule has 3 unspecified atom stereocenters. The molecule has 0 aromatic rings. The molecule has 45 heavy (non-hydrogen) atoms. The van der Waals surface area contributed by atoms with Crippen LogP contribution in [0.15, 0.2) is 0 Å². The highest BCUT2D eigenvalue weighted by atomic mass is 16.8. The lowest BCUT2D eigenvalue weighted by atomic mass is 9.89. The van der Waals surface area contributed by atoms with E-state index in [9.17, 15) is 38.4 Å². The van der Waals surface area contributed by atoms with Crippen molar-refractivity contribution in [3.05, 3.63) is 0 Å². The number of cyclic esters (lactones) is 2. The summed E-state index contributed by atoms with van der Waals surface area (Å²) < 4.78 is 20.7. The van der Waals surface area contributed by atoms with E-state index in [0.29, 0.717) is 6.61 Å². The minimum absolute atomic E-state index is 0.0486. The van der Waals surface area contributed by atoms with Crippen molar-refractivity contribution in [3.63, 3.8) is 0 Å². The number of primary amides is 1. The molecule has 19 nitrogen and oxygen atoms in total. The largest absolute Gasteiger partial charge is 0.518 e. The van der Waals surface area contributed by atoms with Gasteiger partial charge in [-0.2, -0.15) is 0 Å². The van der Waals surface area contributed by atoms with Crippen molar-refractivity contribution < 1.29 is 62.0 Å². The number of rotatable bonds is 1. The van der Waals surface area contributed by atoms with E-state index in [4.69, 9.17) is 5.73 Å². The van der Waals surface area contributed by atoms with Crippen LogP contribution < -0.4 is 16.4 Å². The first-order valence-corrected chi connectivity index (χ1v) is 13.7. The van der Waals surface area contributed by atoms with Gasteiger partial charge in [0.05, 0.1) is 26.1 Å². The lowest BCUT2D eigenvalue weighted by Gasteiger charge is -2.32. The highest BCUT2D eigenvalue weighted by Gasteiger charge is 2.40. The lowest BCUT2D eigenvalue weighted by molar-refractivity contribution is -0.157. The Bertz CT molecular complexity index is 937. The lowest BCUT2D eigenvalue weighted by Crippen LogP contribution is -2.51. The van der Waals surface area contributed by atoms with Crippen molar-refractivity contribution in [2.24, 2.45) is 17.6 Å². The molecular formula is C26H46N6O13. The van der Waals surface area contributed by atoms with Crippen LogP contribution in [0, 0.1) is 11.8 Å². The molecule has 3 fully saturated rings. The summed E-state index contributed by atoms with van der Waals surface area (Å²) in [6.45, 7) is 11.9. The van der Waals surface area contributed by atoms with E-state index >= 15 is 0 Å². The molecule has 4 N–H and O–H groups in total. The molecule has 6 amide bonds. The van der Waals surface area contributed by atoms with Crippen molar-refractivity contribution in [1.29, 1.82) is 0 Å². The Labute approximate surface area is 261 Å². The van der Waals surface area contributed by atoms with Crippen LogP contribution in [-0.4, -0.2) is 144 Å². The number of Topliss-reactive ketones (excluding diaryl/α,β-unsaturated/α-hetero) is 1. The first-order chi connectivity index (χ1) is 21.0. The van der Waals surface area contributed by atoms with Crippen LogP contribution in [0.3, 0.4) is 0 Å². The number of ketones is 1. The van der Waals surface area contributed by atoms with E-state index in [1.54, 1.807) is 25.9 Å². The van der Waals surface area contributed by atoms with E-state index < -0.39 is 42.1 Å². The zero-order chi connectivity index (χ0) is 35.3. The number of nitrogens with zero attached hydrogens (tertiary/aromatic N) is 3. The molecule has 3 saturated heterocycles. The van der Waals surface area contributed by atoms with Crippen molar-refractivity contribution in [2.75, 3.05) is 74.7 Å². The second kappa shape index (κ2) is 22.8. The van der Waals surface area contributed by atoms with Crippen molar-refractivity contribution in [2.45, 2.75) is 33.8 Å².